The molecule has 290 valence electrons. The van der Waals surface area contributed by atoms with Crippen molar-refractivity contribution in [1.82, 2.24) is 20.0 Å². The van der Waals surface area contributed by atoms with E-state index in [1.54, 1.807) is 30.3 Å². The summed E-state index contributed by atoms with van der Waals surface area (Å²) >= 11 is 6.15. The van der Waals surface area contributed by atoms with Crippen molar-refractivity contribution in [3.05, 3.63) is 87.9 Å². The minimum atomic E-state index is -0.971. The van der Waals surface area contributed by atoms with Gasteiger partial charge in [-0.2, -0.15) is 5.26 Å². The molecule has 1 unspecified atom stereocenters. The normalized spacial score (nSPS) is 21.2. The van der Waals surface area contributed by atoms with Gasteiger partial charge in [0.2, 0.25) is 11.8 Å². The molecule has 0 radical (unpaired) electrons. The Morgan fingerprint density at radius 2 is 1.45 bits per heavy atom. The van der Waals surface area contributed by atoms with Crippen molar-refractivity contribution in [2.24, 2.45) is 5.92 Å². The van der Waals surface area contributed by atoms with E-state index in [9.17, 15) is 24.0 Å². The molecule has 5 aliphatic heterocycles. The molecule has 13 nitrogen and oxygen atoms in total. The van der Waals surface area contributed by atoms with E-state index in [1.165, 1.54) is 0 Å². The highest BCUT2D eigenvalue weighted by Gasteiger charge is 2.45. The summed E-state index contributed by atoms with van der Waals surface area (Å²) in [5.41, 5.74) is 3.73. The Balaban J connectivity index is 0.767. The number of benzene rings is 3. The van der Waals surface area contributed by atoms with Gasteiger partial charge in [0.1, 0.15) is 24.0 Å². The lowest BCUT2D eigenvalue weighted by Gasteiger charge is -2.40. The van der Waals surface area contributed by atoms with Crippen LogP contribution >= 0.6 is 11.6 Å². The number of nitriles is 1. The van der Waals surface area contributed by atoms with Gasteiger partial charge in [-0.05, 0) is 79.8 Å². The Hall–Kier alpha value is -5.45. The number of carbonyl (C=O) groups excluding carboxylic acids is 5. The maximum Gasteiger partial charge on any atom is 0.262 e. The van der Waals surface area contributed by atoms with Gasteiger partial charge < -0.3 is 19.4 Å². The molecule has 4 fully saturated rings. The molecular weight excluding hydrogens is 734 g/mol. The average Bonchev–Trinajstić information content (AvgIpc) is 3.46. The fourth-order valence-electron chi connectivity index (χ4n) is 8.61. The number of carbonyl (C=O) groups is 5. The Morgan fingerprint density at radius 1 is 0.768 bits per heavy atom. The Bertz CT molecular complexity index is 2080. The summed E-state index contributed by atoms with van der Waals surface area (Å²) in [6.07, 6.45) is 3.85. The first-order chi connectivity index (χ1) is 27.1. The van der Waals surface area contributed by atoms with Crippen molar-refractivity contribution in [2.45, 2.75) is 50.7 Å². The van der Waals surface area contributed by atoms with Crippen LogP contribution in [0.4, 0.5) is 11.4 Å². The number of halogens is 1. The number of hydrogen-bond donors (Lipinski definition) is 1. The summed E-state index contributed by atoms with van der Waals surface area (Å²) in [5, 5.41) is 11.7. The van der Waals surface area contributed by atoms with Crippen LogP contribution in [-0.2, 0) is 9.59 Å². The number of nitrogens with zero attached hydrogens (tertiary/aromatic N) is 6. The smallest absolute Gasteiger partial charge is 0.262 e. The monoisotopic (exact) mass is 777 g/mol. The molecule has 5 aliphatic rings. The van der Waals surface area contributed by atoms with Gasteiger partial charge in [-0.1, -0.05) is 11.6 Å². The summed E-state index contributed by atoms with van der Waals surface area (Å²) in [4.78, 5) is 73.8. The van der Waals surface area contributed by atoms with Gasteiger partial charge in [-0.15, -0.1) is 0 Å². The first-order valence-electron chi connectivity index (χ1n) is 19.5. The number of fused-ring (bicyclic) bond motifs is 1. The number of ether oxygens (including phenoxy) is 1. The lowest BCUT2D eigenvalue weighted by molar-refractivity contribution is -0.136. The predicted molar refractivity (Wildman–Crippen MR) is 209 cm³/mol. The van der Waals surface area contributed by atoms with E-state index in [2.05, 4.69) is 38.2 Å². The van der Waals surface area contributed by atoms with Crippen molar-refractivity contribution < 1.29 is 28.7 Å². The van der Waals surface area contributed by atoms with E-state index >= 15 is 0 Å². The van der Waals surface area contributed by atoms with E-state index in [0.29, 0.717) is 52.0 Å². The fourth-order valence-corrected chi connectivity index (χ4v) is 8.82. The summed E-state index contributed by atoms with van der Waals surface area (Å²) in [5.74, 6) is -0.704. The molecule has 1 atom stereocenters. The Morgan fingerprint density at radius 3 is 2.12 bits per heavy atom. The Kier molecular flexibility index (Phi) is 10.7. The maximum atomic E-state index is 13.3. The molecule has 4 saturated heterocycles. The highest BCUT2D eigenvalue weighted by molar-refractivity contribution is 6.31. The zero-order valence-electron chi connectivity index (χ0n) is 31.1. The topological polar surface area (TPSA) is 147 Å². The molecule has 0 aromatic heterocycles. The third-order valence-corrected chi connectivity index (χ3v) is 12.2. The molecular formula is C42H44ClN7O6. The first kappa shape index (κ1) is 37.5. The number of imide groups is 2. The molecule has 56 heavy (non-hydrogen) atoms. The summed E-state index contributed by atoms with van der Waals surface area (Å²) in [7, 11) is 0. The number of hydrogen-bond acceptors (Lipinski definition) is 10. The molecule has 5 heterocycles. The molecule has 0 saturated carbocycles. The standard InChI is InChI=1S/C42H44ClN7O6/c43-36-24-33(7-3-29(36)25-44)56-32-13-17-49(18-14-32)40(53)28-1-4-30(5-2-28)47-15-11-27(12-16-47)26-46-19-21-48(22-20-46)31-6-8-34-35(23-31)42(55)50(41(34)54)37-9-10-38(51)45-39(37)52/h1-8,23-24,27,32,37H,9-22,26H2,(H,45,51,52). The van der Waals surface area contributed by atoms with Crippen molar-refractivity contribution >= 4 is 52.5 Å². The van der Waals surface area contributed by atoms with E-state index in [-0.39, 0.29) is 24.9 Å². The highest BCUT2D eigenvalue weighted by Crippen LogP contribution is 2.32. The van der Waals surface area contributed by atoms with Crippen LogP contribution in [0.25, 0.3) is 0 Å². The van der Waals surface area contributed by atoms with Crippen LogP contribution < -0.4 is 19.9 Å². The van der Waals surface area contributed by atoms with Gasteiger partial charge >= 0.3 is 0 Å². The van der Waals surface area contributed by atoms with E-state index in [0.717, 1.165) is 87.8 Å². The van der Waals surface area contributed by atoms with Crippen LogP contribution in [0.5, 0.6) is 5.75 Å². The predicted octanol–water partition coefficient (Wildman–Crippen LogP) is 4.34. The van der Waals surface area contributed by atoms with Crippen molar-refractivity contribution in [3.8, 4) is 11.8 Å². The molecule has 5 amide bonds. The maximum absolute atomic E-state index is 13.3. The lowest BCUT2D eigenvalue weighted by Crippen LogP contribution is -2.54. The van der Waals surface area contributed by atoms with Crippen molar-refractivity contribution in [3.63, 3.8) is 0 Å². The number of piperazine rings is 1. The molecule has 0 bridgehead atoms. The van der Waals surface area contributed by atoms with Gasteiger partial charge in [0.25, 0.3) is 17.7 Å². The minimum Gasteiger partial charge on any atom is -0.490 e. The van der Waals surface area contributed by atoms with Crippen LogP contribution in [0, 0.1) is 17.2 Å². The second-order valence-corrected chi connectivity index (χ2v) is 15.7. The van der Waals surface area contributed by atoms with Crippen molar-refractivity contribution in [2.75, 3.05) is 68.7 Å². The SMILES string of the molecule is N#Cc1ccc(OC2CCN(C(=O)c3ccc(N4CCC(CN5CCN(c6ccc7c(c6)C(=O)N(C6CCC(=O)NC6=O)C7=O)CC5)CC4)cc3)CC2)cc1Cl. The summed E-state index contributed by atoms with van der Waals surface area (Å²) in [6.45, 7) is 7.61. The number of piperidine rings is 3. The highest BCUT2D eigenvalue weighted by atomic mass is 35.5. The van der Waals surface area contributed by atoms with E-state index in [1.807, 2.05) is 23.1 Å². The second kappa shape index (κ2) is 16.0. The molecule has 0 aliphatic carbocycles. The van der Waals surface area contributed by atoms with Crippen LogP contribution in [0.15, 0.2) is 60.7 Å². The zero-order chi connectivity index (χ0) is 38.9. The molecule has 8 rings (SSSR count). The molecule has 3 aromatic carbocycles. The quantitative estimate of drug-likeness (QED) is 0.328. The lowest BCUT2D eigenvalue weighted by atomic mass is 9.95. The molecule has 0 spiro atoms. The van der Waals surface area contributed by atoms with Crippen LogP contribution in [0.1, 0.15) is 75.2 Å². The summed E-state index contributed by atoms with van der Waals surface area (Å²) < 4.78 is 6.09. The zero-order valence-corrected chi connectivity index (χ0v) is 31.9. The largest absolute Gasteiger partial charge is 0.490 e. The van der Waals surface area contributed by atoms with E-state index in [4.69, 9.17) is 21.6 Å². The molecule has 14 heteroatoms. The van der Waals surface area contributed by atoms with Gasteiger partial charge in [-0.3, -0.25) is 39.1 Å². The third-order valence-electron chi connectivity index (χ3n) is 11.9. The molecule has 3 aromatic rings. The van der Waals surface area contributed by atoms with Gasteiger partial charge in [0.15, 0.2) is 0 Å². The first-order valence-corrected chi connectivity index (χ1v) is 19.9. The third kappa shape index (κ3) is 7.68. The van der Waals surface area contributed by atoms with E-state index < -0.39 is 29.7 Å². The van der Waals surface area contributed by atoms with Gasteiger partial charge in [0, 0.05) is 101 Å². The number of rotatable bonds is 8. The second-order valence-electron chi connectivity index (χ2n) is 15.3. The minimum absolute atomic E-state index is 0.0153. The van der Waals surface area contributed by atoms with Crippen LogP contribution in [0.2, 0.25) is 5.02 Å². The fraction of sp³-hybridized carbons (Fsp3) is 0.429. The number of amides is 5. The number of anilines is 2. The number of nitrogens with one attached hydrogen (secondary N) is 1. The Labute approximate surface area is 330 Å². The number of likely N-dealkylation sites (tertiary alicyclic amines) is 1. The van der Waals surface area contributed by atoms with Crippen LogP contribution in [0.3, 0.4) is 0 Å². The average molecular weight is 778 g/mol. The van der Waals surface area contributed by atoms with Gasteiger partial charge in [-0.25, -0.2) is 0 Å². The molecule has 1 N–H and O–H groups in total. The van der Waals surface area contributed by atoms with Crippen molar-refractivity contribution in [1.29, 1.82) is 5.26 Å². The van der Waals surface area contributed by atoms with Gasteiger partial charge in [0.05, 0.1) is 21.7 Å². The van der Waals surface area contributed by atoms with Crippen LogP contribution in [-0.4, -0.2) is 115 Å². The summed E-state index contributed by atoms with van der Waals surface area (Å²) in [6, 6.07) is 19.5.